The molecule has 1 saturated carbocycles. The van der Waals surface area contributed by atoms with Gasteiger partial charge in [-0.05, 0) is 43.9 Å². The van der Waals surface area contributed by atoms with Crippen molar-refractivity contribution in [1.29, 1.82) is 0 Å². The van der Waals surface area contributed by atoms with Gasteiger partial charge in [-0.2, -0.15) is 0 Å². The van der Waals surface area contributed by atoms with Crippen molar-refractivity contribution in [2.45, 2.75) is 32.7 Å². The first-order chi connectivity index (χ1) is 9.05. The van der Waals surface area contributed by atoms with Gasteiger partial charge in [0.05, 0.1) is 19.1 Å². The lowest BCUT2D eigenvalue weighted by Crippen LogP contribution is -2.31. The number of nitrogens with two attached hydrogens (primary N) is 1. The topological polar surface area (TPSA) is 61.5 Å². The summed E-state index contributed by atoms with van der Waals surface area (Å²) in [6, 6.07) is 5.54. The van der Waals surface area contributed by atoms with Gasteiger partial charge in [0.1, 0.15) is 5.75 Å². The number of aryl methyl sites for hydroxylation is 1. The van der Waals surface area contributed by atoms with Crippen LogP contribution in [0, 0.1) is 12.3 Å². The van der Waals surface area contributed by atoms with Gasteiger partial charge < -0.3 is 15.2 Å². The Bertz CT molecular complexity index is 480. The van der Waals surface area contributed by atoms with E-state index in [1.807, 2.05) is 32.0 Å². The molecule has 2 rings (SSSR count). The Morgan fingerprint density at radius 2 is 2.16 bits per heavy atom. The summed E-state index contributed by atoms with van der Waals surface area (Å²) in [4.78, 5) is 11.8. The van der Waals surface area contributed by atoms with E-state index in [9.17, 15) is 4.79 Å². The Morgan fingerprint density at radius 1 is 1.47 bits per heavy atom. The normalized spacial score (nSPS) is 17.7. The van der Waals surface area contributed by atoms with Crippen molar-refractivity contribution in [1.82, 2.24) is 0 Å². The highest BCUT2D eigenvalue weighted by molar-refractivity contribution is 5.81. The zero-order valence-corrected chi connectivity index (χ0v) is 11.7. The predicted octanol–water partition coefficient (Wildman–Crippen LogP) is 2.35. The standard InChI is InChI=1S/C15H21NO3/c1-4-19-12-6-5-11(9-10(12)2)13(16)15(7-8-15)14(17)18-3/h5-6,9,13H,4,7-8,16H2,1-3H3. The minimum Gasteiger partial charge on any atom is -0.494 e. The van der Waals surface area contributed by atoms with Gasteiger partial charge in [-0.25, -0.2) is 0 Å². The fraction of sp³-hybridized carbons (Fsp3) is 0.533. The minimum absolute atomic E-state index is 0.202. The van der Waals surface area contributed by atoms with Crippen LogP contribution in [0.4, 0.5) is 0 Å². The molecule has 1 unspecified atom stereocenters. The molecule has 4 heteroatoms. The van der Waals surface area contributed by atoms with Crippen LogP contribution in [0.25, 0.3) is 0 Å². The largest absolute Gasteiger partial charge is 0.494 e. The second kappa shape index (κ2) is 5.21. The summed E-state index contributed by atoms with van der Waals surface area (Å²) < 4.78 is 10.4. The van der Waals surface area contributed by atoms with E-state index in [1.54, 1.807) is 0 Å². The number of benzene rings is 1. The summed E-state index contributed by atoms with van der Waals surface area (Å²) in [5.41, 5.74) is 7.74. The molecule has 4 nitrogen and oxygen atoms in total. The Balaban J connectivity index is 2.23. The summed E-state index contributed by atoms with van der Waals surface area (Å²) >= 11 is 0. The molecule has 0 bridgehead atoms. The van der Waals surface area contributed by atoms with Gasteiger partial charge in [-0.15, -0.1) is 0 Å². The molecule has 104 valence electrons. The van der Waals surface area contributed by atoms with Crippen LogP contribution in [0.2, 0.25) is 0 Å². The number of hydrogen-bond acceptors (Lipinski definition) is 4. The Hall–Kier alpha value is -1.55. The zero-order valence-electron chi connectivity index (χ0n) is 11.7. The molecule has 1 aliphatic carbocycles. The lowest BCUT2D eigenvalue weighted by atomic mass is 9.90. The fourth-order valence-corrected chi connectivity index (χ4v) is 2.48. The maximum atomic E-state index is 11.8. The second-order valence-corrected chi connectivity index (χ2v) is 5.08. The van der Waals surface area contributed by atoms with Crippen molar-refractivity contribution in [3.8, 4) is 5.75 Å². The number of methoxy groups -OCH3 is 1. The molecule has 1 atom stereocenters. The van der Waals surface area contributed by atoms with Crippen molar-refractivity contribution in [3.05, 3.63) is 29.3 Å². The first kappa shape index (κ1) is 13.9. The SMILES string of the molecule is CCOc1ccc(C(N)C2(C(=O)OC)CC2)cc1C. The number of ether oxygens (including phenoxy) is 2. The molecule has 1 aromatic carbocycles. The molecule has 19 heavy (non-hydrogen) atoms. The lowest BCUT2D eigenvalue weighted by Gasteiger charge is -2.22. The number of esters is 1. The summed E-state index contributed by atoms with van der Waals surface area (Å²) in [5, 5.41) is 0. The van der Waals surface area contributed by atoms with Crippen LogP contribution in [-0.2, 0) is 9.53 Å². The van der Waals surface area contributed by atoms with E-state index in [1.165, 1.54) is 7.11 Å². The van der Waals surface area contributed by atoms with Crippen LogP contribution < -0.4 is 10.5 Å². The average molecular weight is 263 g/mol. The molecule has 1 aromatic rings. The maximum absolute atomic E-state index is 11.8. The van der Waals surface area contributed by atoms with Crippen LogP contribution in [0.1, 0.15) is 36.9 Å². The van der Waals surface area contributed by atoms with Crippen LogP contribution in [0.5, 0.6) is 5.75 Å². The van der Waals surface area contributed by atoms with E-state index in [2.05, 4.69) is 0 Å². The molecule has 0 heterocycles. The van der Waals surface area contributed by atoms with E-state index in [-0.39, 0.29) is 12.0 Å². The van der Waals surface area contributed by atoms with E-state index in [0.717, 1.165) is 29.7 Å². The van der Waals surface area contributed by atoms with Gasteiger partial charge in [0.2, 0.25) is 0 Å². The van der Waals surface area contributed by atoms with Gasteiger partial charge in [-0.3, -0.25) is 4.79 Å². The second-order valence-electron chi connectivity index (χ2n) is 5.08. The molecule has 1 fully saturated rings. The van der Waals surface area contributed by atoms with E-state index < -0.39 is 5.41 Å². The van der Waals surface area contributed by atoms with E-state index in [4.69, 9.17) is 15.2 Å². The monoisotopic (exact) mass is 263 g/mol. The Morgan fingerprint density at radius 3 is 2.63 bits per heavy atom. The Labute approximate surface area is 113 Å². The minimum atomic E-state index is -0.520. The summed E-state index contributed by atoms with van der Waals surface area (Å²) in [6.45, 7) is 4.58. The quantitative estimate of drug-likeness (QED) is 0.828. The molecule has 1 aliphatic rings. The first-order valence-corrected chi connectivity index (χ1v) is 6.62. The van der Waals surface area contributed by atoms with Gasteiger partial charge in [0.25, 0.3) is 0 Å². The molecule has 0 spiro atoms. The third-order valence-corrected chi connectivity index (χ3v) is 3.83. The fourth-order valence-electron chi connectivity index (χ4n) is 2.48. The summed E-state index contributed by atoms with van der Waals surface area (Å²) in [7, 11) is 1.42. The van der Waals surface area contributed by atoms with Gasteiger partial charge in [0.15, 0.2) is 0 Å². The highest BCUT2D eigenvalue weighted by Crippen LogP contribution is 2.54. The third-order valence-electron chi connectivity index (χ3n) is 3.83. The van der Waals surface area contributed by atoms with E-state index >= 15 is 0 Å². The lowest BCUT2D eigenvalue weighted by molar-refractivity contribution is -0.148. The molecule has 0 radical (unpaired) electrons. The molecular formula is C15H21NO3. The van der Waals surface area contributed by atoms with Gasteiger partial charge in [0, 0.05) is 6.04 Å². The average Bonchev–Trinajstić information content (AvgIpc) is 3.21. The number of carbonyl (C=O) groups is 1. The van der Waals surface area contributed by atoms with Crippen molar-refractivity contribution < 1.29 is 14.3 Å². The van der Waals surface area contributed by atoms with Gasteiger partial charge >= 0.3 is 5.97 Å². The number of rotatable bonds is 5. The molecule has 0 amide bonds. The van der Waals surface area contributed by atoms with Crippen molar-refractivity contribution >= 4 is 5.97 Å². The number of hydrogen-bond donors (Lipinski definition) is 1. The van der Waals surface area contributed by atoms with Crippen molar-refractivity contribution in [2.24, 2.45) is 11.1 Å². The summed E-state index contributed by atoms with van der Waals surface area (Å²) in [5.74, 6) is 0.660. The van der Waals surface area contributed by atoms with Crippen LogP contribution in [-0.4, -0.2) is 19.7 Å². The maximum Gasteiger partial charge on any atom is 0.313 e. The molecule has 0 aromatic heterocycles. The molecule has 0 aliphatic heterocycles. The highest BCUT2D eigenvalue weighted by Gasteiger charge is 2.56. The van der Waals surface area contributed by atoms with Crippen LogP contribution >= 0.6 is 0 Å². The summed E-state index contributed by atoms with van der Waals surface area (Å²) in [6.07, 6.45) is 1.60. The van der Waals surface area contributed by atoms with Crippen LogP contribution in [0.15, 0.2) is 18.2 Å². The number of carbonyl (C=O) groups excluding carboxylic acids is 1. The van der Waals surface area contributed by atoms with Crippen molar-refractivity contribution in [2.75, 3.05) is 13.7 Å². The van der Waals surface area contributed by atoms with Gasteiger partial charge in [-0.1, -0.05) is 12.1 Å². The molecule has 2 N–H and O–H groups in total. The zero-order chi connectivity index (χ0) is 14.0. The Kier molecular flexibility index (Phi) is 3.80. The first-order valence-electron chi connectivity index (χ1n) is 6.62. The van der Waals surface area contributed by atoms with E-state index in [0.29, 0.717) is 6.61 Å². The smallest absolute Gasteiger partial charge is 0.313 e. The predicted molar refractivity (Wildman–Crippen MR) is 73.0 cm³/mol. The molecule has 0 saturated heterocycles. The molecular weight excluding hydrogens is 242 g/mol. The van der Waals surface area contributed by atoms with Crippen LogP contribution in [0.3, 0.4) is 0 Å². The third kappa shape index (κ3) is 2.45. The van der Waals surface area contributed by atoms with Crippen molar-refractivity contribution in [3.63, 3.8) is 0 Å². The highest BCUT2D eigenvalue weighted by atomic mass is 16.5.